The second-order valence-electron chi connectivity index (χ2n) is 3.92. The third-order valence-electron chi connectivity index (χ3n) is 2.59. The van der Waals surface area contributed by atoms with E-state index in [-0.39, 0.29) is 11.7 Å². The molecule has 6 heteroatoms. The summed E-state index contributed by atoms with van der Waals surface area (Å²) in [5, 5.41) is 0. The molecule has 0 aromatic heterocycles. The third-order valence-corrected chi connectivity index (χ3v) is 3.94. The van der Waals surface area contributed by atoms with Crippen molar-refractivity contribution in [3.8, 4) is 0 Å². The Hall–Kier alpha value is -1.24. The molecule has 2 N–H and O–H groups in total. The molecule has 0 radical (unpaired) electrons. The van der Waals surface area contributed by atoms with Gasteiger partial charge in [-0.05, 0) is 12.0 Å². The highest BCUT2D eigenvalue weighted by Crippen LogP contribution is 2.20. The molecule has 0 bridgehead atoms. The van der Waals surface area contributed by atoms with Crippen LogP contribution in [0, 0.1) is 0 Å². The van der Waals surface area contributed by atoms with Crippen LogP contribution in [0.5, 0.6) is 0 Å². The van der Waals surface area contributed by atoms with Crippen molar-refractivity contribution < 1.29 is 9.59 Å². The lowest BCUT2D eigenvalue weighted by Gasteiger charge is -2.18. The Bertz CT molecular complexity index is 474. The van der Waals surface area contributed by atoms with Crippen LogP contribution in [-0.4, -0.2) is 32.8 Å². The van der Waals surface area contributed by atoms with Crippen LogP contribution in [0.25, 0.3) is 0 Å². The minimum atomic E-state index is -0.743. The number of carbonyl (C=O) groups excluding carboxylic acids is 2. The molecule has 1 aromatic rings. The summed E-state index contributed by atoms with van der Waals surface area (Å²) in [6.07, 6.45) is 0.400. The average molecular weight is 280 g/mol. The second kappa shape index (κ2) is 5.60. The van der Waals surface area contributed by atoms with Crippen molar-refractivity contribution in [3.63, 3.8) is 0 Å². The number of benzene rings is 1. The van der Waals surface area contributed by atoms with Gasteiger partial charge < -0.3 is 5.73 Å². The Labute approximate surface area is 115 Å². The molecule has 1 heterocycles. The van der Waals surface area contributed by atoms with E-state index in [2.05, 4.69) is 0 Å². The molecule has 2 amide bonds. The van der Waals surface area contributed by atoms with Crippen LogP contribution in [0.3, 0.4) is 0 Å². The number of rotatable bonds is 3. The highest BCUT2D eigenvalue weighted by molar-refractivity contribution is 8.24. The summed E-state index contributed by atoms with van der Waals surface area (Å²) in [6, 6.07) is 8.71. The van der Waals surface area contributed by atoms with Gasteiger partial charge in [0.05, 0.1) is 11.8 Å². The van der Waals surface area contributed by atoms with Crippen LogP contribution in [0.4, 0.5) is 0 Å². The molecule has 1 fully saturated rings. The molecule has 0 aliphatic carbocycles. The molecular formula is C12H12N2O2S2. The lowest BCUT2D eigenvalue weighted by atomic mass is 10.1. The van der Waals surface area contributed by atoms with Gasteiger partial charge in [0.15, 0.2) is 4.32 Å². The number of carbonyl (C=O) groups is 2. The third kappa shape index (κ3) is 2.77. The number of amides is 2. The van der Waals surface area contributed by atoms with Crippen molar-refractivity contribution in [1.82, 2.24) is 4.90 Å². The first kappa shape index (κ1) is 13.2. The smallest absolute Gasteiger partial charge is 0.252 e. The second-order valence-corrected chi connectivity index (χ2v) is 5.53. The maximum Gasteiger partial charge on any atom is 0.252 e. The first-order valence-electron chi connectivity index (χ1n) is 5.42. The monoisotopic (exact) mass is 280 g/mol. The molecule has 1 aromatic carbocycles. The van der Waals surface area contributed by atoms with Gasteiger partial charge in [0, 0.05) is 0 Å². The zero-order valence-electron chi connectivity index (χ0n) is 9.54. The minimum absolute atomic E-state index is 0.225. The van der Waals surface area contributed by atoms with Gasteiger partial charge in [0.25, 0.3) is 5.91 Å². The van der Waals surface area contributed by atoms with Crippen LogP contribution >= 0.6 is 24.0 Å². The zero-order chi connectivity index (χ0) is 13.1. The van der Waals surface area contributed by atoms with Gasteiger partial charge in [-0.25, -0.2) is 4.90 Å². The quantitative estimate of drug-likeness (QED) is 0.835. The highest BCUT2D eigenvalue weighted by Gasteiger charge is 2.34. The molecule has 18 heavy (non-hydrogen) atoms. The molecule has 4 nitrogen and oxygen atoms in total. The molecule has 0 spiro atoms. The van der Waals surface area contributed by atoms with E-state index >= 15 is 0 Å². The topological polar surface area (TPSA) is 63.4 Å². The predicted molar refractivity (Wildman–Crippen MR) is 75.0 cm³/mol. The van der Waals surface area contributed by atoms with Crippen molar-refractivity contribution in [2.75, 3.05) is 5.75 Å². The first-order valence-corrected chi connectivity index (χ1v) is 6.82. The zero-order valence-corrected chi connectivity index (χ0v) is 11.2. The summed E-state index contributed by atoms with van der Waals surface area (Å²) in [5.41, 5.74) is 6.80. The van der Waals surface area contributed by atoms with Gasteiger partial charge in [-0.1, -0.05) is 54.3 Å². The van der Waals surface area contributed by atoms with E-state index in [1.807, 2.05) is 30.3 Å². The fraction of sp³-hybridized carbons (Fsp3) is 0.250. The summed E-state index contributed by atoms with van der Waals surface area (Å²) < 4.78 is 0.300. The summed E-state index contributed by atoms with van der Waals surface area (Å²) in [7, 11) is 0. The van der Waals surface area contributed by atoms with Crippen molar-refractivity contribution in [1.29, 1.82) is 0 Å². The molecule has 1 aliphatic heterocycles. The normalized spacial score (nSPS) is 17.1. The lowest BCUT2D eigenvalue weighted by molar-refractivity contribution is -0.138. The maximum atomic E-state index is 12.0. The van der Waals surface area contributed by atoms with Gasteiger partial charge in [-0.3, -0.25) is 9.59 Å². The van der Waals surface area contributed by atoms with Crippen LogP contribution < -0.4 is 5.73 Å². The van der Waals surface area contributed by atoms with E-state index in [9.17, 15) is 9.59 Å². The van der Waals surface area contributed by atoms with Gasteiger partial charge in [0.1, 0.15) is 0 Å². The SMILES string of the molecule is N[C@@H](Cc1ccccc1)C(=O)N1C(=O)CSC1=S. The fourth-order valence-corrected chi connectivity index (χ4v) is 2.75. The van der Waals surface area contributed by atoms with Crippen LogP contribution in [0.1, 0.15) is 5.56 Å². The number of imide groups is 1. The summed E-state index contributed by atoms with van der Waals surface area (Å²) >= 11 is 6.17. The largest absolute Gasteiger partial charge is 0.320 e. The molecule has 2 rings (SSSR count). The van der Waals surface area contributed by atoms with E-state index in [0.717, 1.165) is 10.5 Å². The van der Waals surface area contributed by atoms with Gasteiger partial charge in [-0.2, -0.15) is 0 Å². The van der Waals surface area contributed by atoms with Crippen LogP contribution in [0.2, 0.25) is 0 Å². The Morgan fingerprint density at radius 3 is 2.67 bits per heavy atom. The van der Waals surface area contributed by atoms with E-state index < -0.39 is 11.9 Å². The Morgan fingerprint density at radius 1 is 1.44 bits per heavy atom. The molecule has 1 saturated heterocycles. The molecule has 0 saturated carbocycles. The predicted octanol–water partition coefficient (Wildman–Crippen LogP) is 0.943. The number of hydrogen-bond acceptors (Lipinski definition) is 5. The van der Waals surface area contributed by atoms with Crippen LogP contribution in [-0.2, 0) is 16.0 Å². The lowest BCUT2D eigenvalue weighted by Crippen LogP contribution is -2.47. The summed E-state index contributed by atoms with van der Waals surface area (Å²) in [5.74, 6) is -0.472. The van der Waals surface area contributed by atoms with Crippen molar-refractivity contribution in [2.45, 2.75) is 12.5 Å². The number of thioether (sulfide) groups is 1. The summed E-state index contributed by atoms with van der Waals surface area (Å²) in [4.78, 5) is 24.6. The van der Waals surface area contributed by atoms with Crippen molar-refractivity contribution in [2.24, 2.45) is 5.73 Å². The van der Waals surface area contributed by atoms with E-state index in [1.54, 1.807) is 0 Å². The fourth-order valence-electron chi connectivity index (χ4n) is 1.69. The van der Waals surface area contributed by atoms with E-state index in [4.69, 9.17) is 18.0 Å². The van der Waals surface area contributed by atoms with Gasteiger partial charge >= 0.3 is 0 Å². The highest BCUT2D eigenvalue weighted by atomic mass is 32.2. The van der Waals surface area contributed by atoms with Gasteiger partial charge in [-0.15, -0.1) is 0 Å². The first-order chi connectivity index (χ1) is 8.59. The Balaban J connectivity index is 2.05. The number of nitrogens with zero attached hydrogens (tertiary/aromatic N) is 1. The van der Waals surface area contributed by atoms with Crippen molar-refractivity contribution >= 4 is 40.1 Å². The molecule has 1 atom stereocenters. The van der Waals surface area contributed by atoms with E-state index in [0.29, 0.717) is 10.7 Å². The number of nitrogens with two attached hydrogens (primary N) is 1. The minimum Gasteiger partial charge on any atom is -0.320 e. The molecular weight excluding hydrogens is 268 g/mol. The molecule has 1 aliphatic rings. The average Bonchev–Trinajstić information content (AvgIpc) is 2.69. The Morgan fingerprint density at radius 2 is 2.11 bits per heavy atom. The van der Waals surface area contributed by atoms with E-state index in [1.165, 1.54) is 11.8 Å². The van der Waals surface area contributed by atoms with Gasteiger partial charge in [0.2, 0.25) is 5.91 Å². The van der Waals surface area contributed by atoms with Crippen LogP contribution in [0.15, 0.2) is 30.3 Å². The standard InChI is InChI=1S/C12H12N2O2S2/c13-9(6-8-4-2-1-3-5-8)11(16)14-10(15)7-18-12(14)17/h1-5,9H,6-7,13H2/t9-/m0/s1. The number of thiocarbonyl (C=S) groups is 1. The van der Waals surface area contributed by atoms with Crippen molar-refractivity contribution in [3.05, 3.63) is 35.9 Å². The maximum absolute atomic E-state index is 12.0. The molecule has 0 unspecified atom stereocenters. The Kier molecular flexibility index (Phi) is 4.11. The molecule has 94 valence electrons. The summed E-state index contributed by atoms with van der Waals surface area (Å²) in [6.45, 7) is 0. The number of hydrogen-bond donors (Lipinski definition) is 1.